The molecule has 0 fully saturated rings. The second kappa shape index (κ2) is 4.72. The largest absolute Gasteiger partial charge is 0.368 e. The summed E-state index contributed by atoms with van der Waals surface area (Å²) in [5.41, 5.74) is 7.36. The van der Waals surface area contributed by atoms with Crippen molar-refractivity contribution >= 4 is 23.5 Å². The number of carbonyl (C=O) groups is 1. The SMILES string of the molecule is Nc1ncc2c(n1)CN(C(=O)c1ccc(F)cc1Cl)C2. The fraction of sp³-hybridized carbons (Fsp3) is 0.154. The standard InChI is InChI=1S/C13H10ClFN4O/c14-10-3-8(15)1-2-9(10)12(20)19-5-7-4-17-13(16)18-11(7)6-19/h1-4H,5-6H2,(H2,16,17,18). The second-order valence-electron chi connectivity index (χ2n) is 4.49. The predicted molar refractivity (Wildman–Crippen MR) is 71.4 cm³/mol. The van der Waals surface area contributed by atoms with Crippen LogP contribution in [0, 0.1) is 5.82 Å². The lowest BCUT2D eigenvalue weighted by atomic mass is 10.2. The van der Waals surface area contributed by atoms with E-state index in [9.17, 15) is 9.18 Å². The maximum atomic E-state index is 13.0. The van der Waals surface area contributed by atoms with Crippen molar-refractivity contribution in [3.63, 3.8) is 0 Å². The van der Waals surface area contributed by atoms with Crippen molar-refractivity contribution in [1.29, 1.82) is 0 Å². The van der Waals surface area contributed by atoms with Crippen molar-refractivity contribution in [3.8, 4) is 0 Å². The average molecular weight is 293 g/mol. The molecule has 7 heteroatoms. The molecule has 0 aliphatic carbocycles. The topological polar surface area (TPSA) is 72.1 Å². The number of nitrogens with two attached hydrogens (primary N) is 1. The minimum atomic E-state index is -0.477. The van der Waals surface area contributed by atoms with Crippen LogP contribution in [0.4, 0.5) is 10.3 Å². The molecule has 2 heterocycles. The molecule has 0 unspecified atom stereocenters. The molecule has 0 atom stereocenters. The van der Waals surface area contributed by atoms with Gasteiger partial charge in [-0.25, -0.2) is 14.4 Å². The summed E-state index contributed by atoms with van der Waals surface area (Å²) in [4.78, 5) is 21.9. The lowest BCUT2D eigenvalue weighted by Gasteiger charge is -2.15. The van der Waals surface area contributed by atoms with Gasteiger partial charge in [0, 0.05) is 18.3 Å². The van der Waals surface area contributed by atoms with Gasteiger partial charge in [0.1, 0.15) is 5.82 Å². The Bertz CT molecular complexity index is 707. The van der Waals surface area contributed by atoms with E-state index >= 15 is 0 Å². The number of benzene rings is 1. The first-order valence-corrected chi connectivity index (χ1v) is 6.27. The van der Waals surface area contributed by atoms with Gasteiger partial charge in [0.25, 0.3) is 5.91 Å². The highest BCUT2D eigenvalue weighted by atomic mass is 35.5. The highest BCUT2D eigenvalue weighted by Crippen LogP contribution is 2.25. The summed E-state index contributed by atoms with van der Waals surface area (Å²) >= 11 is 5.90. The van der Waals surface area contributed by atoms with E-state index < -0.39 is 5.82 Å². The third kappa shape index (κ3) is 2.18. The number of hydrogen-bond donors (Lipinski definition) is 1. The molecule has 0 radical (unpaired) electrons. The zero-order chi connectivity index (χ0) is 14.3. The predicted octanol–water partition coefficient (Wildman–Crippen LogP) is 2.01. The maximum Gasteiger partial charge on any atom is 0.256 e. The first-order chi connectivity index (χ1) is 9.54. The number of fused-ring (bicyclic) bond motifs is 1. The van der Waals surface area contributed by atoms with Gasteiger partial charge in [0.15, 0.2) is 0 Å². The van der Waals surface area contributed by atoms with Gasteiger partial charge in [-0.3, -0.25) is 4.79 Å². The van der Waals surface area contributed by atoms with Crippen LogP contribution >= 0.6 is 11.6 Å². The third-order valence-corrected chi connectivity index (χ3v) is 3.44. The van der Waals surface area contributed by atoms with Gasteiger partial charge in [-0.2, -0.15) is 0 Å². The number of hydrogen-bond acceptors (Lipinski definition) is 4. The smallest absolute Gasteiger partial charge is 0.256 e. The summed E-state index contributed by atoms with van der Waals surface area (Å²) in [7, 11) is 0. The summed E-state index contributed by atoms with van der Waals surface area (Å²) in [6.45, 7) is 0.733. The maximum absolute atomic E-state index is 13.0. The lowest BCUT2D eigenvalue weighted by molar-refractivity contribution is 0.0750. The zero-order valence-electron chi connectivity index (χ0n) is 10.3. The Kier molecular flexibility index (Phi) is 3.02. The molecule has 0 saturated heterocycles. The van der Waals surface area contributed by atoms with E-state index in [0.29, 0.717) is 13.1 Å². The normalized spacial score (nSPS) is 13.4. The highest BCUT2D eigenvalue weighted by molar-refractivity contribution is 6.33. The van der Waals surface area contributed by atoms with Crippen LogP contribution in [0.2, 0.25) is 5.02 Å². The number of anilines is 1. The van der Waals surface area contributed by atoms with Crippen LogP contribution in [0.1, 0.15) is 21.6 Å². The monoisotopic (exact) mass is 292 g/mol. The molecular formula is C13H10ClFN4O. The van der Waals surface area contributed by atoms with Crippen LogP contribution in [0.3, 0.4) is 0 Å². The van der Waals surface area contributed by atoms with E-state index in [0.717, 1.165) is 17.3 Å². The molecular weight excluding hydrogens is 283 g/mol. The van der Waals surface area contributed by atoms with Crippen molar-refractivity contribution in [3.05, 3.63) is 52.1 Å². The van der Waals surface area contributed by atoms with Gasteiger partial charge in [-0.1, -0.05) is 11.6 Å². The highest BCUT2D eigenvalue weighted by Gasteiger charge is 2.27. The Morgan fingerprint density at radius 3 is 2.95 bits per heavy atom. The van der Waals surface area contributed by atoms with Crippen molar-refractivity contribution in [1.82, 2.24) is 14.9 Å². The number of aromatic nitrogens is 2. The van der Waals surface area contributed by atoms with Crippen LogP contribution < -0.4 is 5.73 Å². The zero-order valence-corrected chi connectivity index (χ0v) is 11.1. The molecule has 2 aromatic rings. The van der Waals surface area contributed by atoms with Crippen LogP contribution in [0.5, 0.6) is 0 Å². The van der Waals surface area contributed by atoms with E-state index in [1.807, 2.05) is 0 Å². The fourth-order valence-corrected chi connectivity index (χ4v) is 2.39. The van der Waals surface area contributed by atoms with Crippen LogP contribution in [0.25, 0.3) is 0 Å². The van der Waals surface area contributed by atoms with Gasteiger partial charge in [0.05, 0.1) is 22.8 Å². The Morgan fingerprint density at radius 1 is 1.40 bits per heavy atom. The molecule has 1 aliphatic heterocycles. The van der Waals surface area contributed by atoms with E-state index in [2.05, 4.69) is 9.97 Å². The Hall–Kier alpha value is -2.21. The number of carbonyl (C=O) groups excluding carboxylic acids is 1. The molecule has 102 valence electrons. The Morgan fingerprint density at radius 2 is 2.20 bits per heavy atom. The molecule has 0 spiro atoms. The molecule has 1 aromatic heterocycles. The number of halogens is 2. The fourth-order valence-electron chi connectivity index (χ4n) is 2.15. The van der Waals surface area contributed by atoms with E-state index in [4.69, 9.17) is 17.3 Å². The van der Waals surface area contributed by atoms with E-state index in [1.165, 1.54) is 12.1 Å². The summed E-state index contributed by atoms with van der Waals surface area (Å²) < 4.78 is 13.0. The quantitative estimate of drug-likeness (QED) is 0.872. The second-order valence-corrected chi connectivity index (χ2v) is 4.89. The van der Waals surface area contributed by atoms with Crippen LogP contribution in [-0.2, 0) is 13.1 Å². The number of nitrogens with zero attached hydrogens (tertiary/aromatic N) is 3. The molecule has 5 nitrogen and oxygen atoms in total. The molecule has 0 bridgehead atoms. The van der Waals surface area contributed by atoms with Crippen LogP contribution in [-0.4, -0.2) is 20.8 Å². The minimum Gasteiger partial charge on any atom is -0.368 e. The molecule has 2 N–H and O–H groups in total. The Labute approximate surface area is 119 Å². The van der Waals surface area contributed by atoms with Crippen molar-refractivity contribution in [2.45, 2.75) is 13.1 Å². The first kappa shape index (κ1) is 12.8. The van der Waals surface area contributed by atoms with E-state index in [1.54, 1.807) is 11.1 Å². The van der Waals surface area contributed by atoms with Gasteiger partial charge < -0.3 is 10.6 Å². The Balaban J connectivity index is 1.87. The first-order valence-electron chi connectivity index (χ1n) is 5.89. The van der Waals surface area contributed by atoms with Gasteiger partial charge in [-0.05, 0) is 18.2 Å². The summed E-state index contributed by atoms with van der Waals surface area (Å²) in [6, 6.07) is 3.71. The van der Waals surface area contributed by atoms with Gasteiger partial charge in [0.2, 0.25) is 5.95 Å². The molecule has 0 saturated carbocycles. The van der Waals surface area contributed by atoms with Gasteiger partial charge in [-0.15, -0.1) is 0 Å². The van der Waals surface area contributed by atoms with Crippen molar-refractivity contribution in [2.24, 2.45) is 0 Å². The van der Waals surface area contributed by atoms with Crippen molar-refractivity contribution < 1.29 is 9.18 Å². The average Bonchev–Trinajstić information content (AvgIpc) is 2.81. The lowest BCUT2D eigenvalue weighted by Crippen LogP contribution is -2.25. The summed E-state index contributed by atoms with van der Waals surface area (Å²) in [5.74, 6) is -0.570. The van der Waals surface area contributed by atoms with Gasteiger partial charge >= 0.3 is 0 Å². The molecule has 1 aromatic carbocycles. The molecule has 1 amide bonds. The minimum absolute atomic E-state index is 0.0940. The number of rotatable bonds is 1. The summed E-state index contributed by atoms with van der Waals surface area (Å²) in [5, 5.41) is 0.0940. The molecule has 20 heavy (non-hydrogen) atoms. The van der Waals surface area contributed by atoms with Crippen LogP contribution in [0.15, 0.2) is 24.4 Å². The molecule has 1 aliphatic rings. The third-order valence-electron chi connectivity index (χ3n) is 3.12. The number of amides is 1. The molecule has 3 rings (SSSR count). The van der Waals surface area contributed by atoms with Crippen molar-refractivity contribution in [2.75, 3.05) is 5.73 Å². The number of nitrogen functional groups attached to an aromatic ring is 1. The summed E-state index contributed by atoms with van der Waals surface area (Å²) in [6.07, 6.45) is 1.61. The van der Waals surface area contributed by atoms with E-state index in [-0.39, 0.29) is 22.4 Å².